The highest BCUT2D eigenvalue weighted by atomic mass is 35.5. The first-order chi connectivity index (χ1) is 10.0. The largest absolute Gasteiger partial charge is 0.299 e. The molecule has 3 atom stereocenters. The number of nitrogens with zero attached hydrogens (tertiary/aromatic N) is 3. The number of rotatable bonds is 3. The number of halogens is 1. The van der Waals surface area contributed by atoms with Crippen LogP contribution < -0.4 is 0 Å². The summed E-state index contributed by atoms with van der Waals surface area (Å²) in [6.07, 6.45) is 6.20. The summed E-state index contributed by atoms with van der Waals surface area (Å²) in [4.78, 5) is 2.38. The second-order valence-corrected chi connectivity index (χ2v) is 8.81. The Morgan fingerprint density at radius 1 is 1.05 bits per heavy atom. The van der Waals surface area contributed by atoms with Gasteiger partial charge in [0.05, 0.1) is 0 Å². The lowest BCUT2D eigenvalue weighted by molar-refractivity contribution is 0.230. The van der Waals surface area contributed by atoms with Crippen molar-refractivity contribution in [2.75, 3.05) is 32.6 Å². The van der Waals surface area contributed by atoms with E-state index < -0.39 is 10.2 Å². The normalized spacial score (nSPS) is 36.8. The van der Waals surface area contributed by atoms with Gasteiger partial charge in [-0.25, -0.2) is 0 Å². The fourth-order valence-electron chi connectivity index (χ4n) is 4.07. The first kappa shape index (κ1) is 16.0. The van der Waals surface area contributed by atoms with E-state index >= 15 is 0 Å². The van der Waals surface area contributed by atoms with E-state index in [1.165, 1.54) is 6.42 Å². The van der Waals surface area contributed by atoms with Crippen molar-refractivity contribution in [2.24, 2.45) is 0 Å². The minimum Gasteiger partial charge on any atom is -0.299 e. The van der Waals surface area contributed by atoms with Gasteiger partial charge in [-0.1, -0.05) is 6.42 Å². The van der Waals surface area contributed by atoms with E-state index in [-0.39, 0.29) is 6.04 Å². The average molecular weight is 336 g/mol. The van der Waals surface area contributed by atoms with Crippen LogP contribution in [0.15, 0.2) is 0 Å². The summed E-state index contributed by atoms with van der Waals surface area (Å²) in [5.41, 5.74) is 0. The van der Waals surface area contributed by atoms with Crippen LogP contribution >= 0.6 is 11.6 Å². The Morgan fingerprint density at radius 2 is 1.81 bits per heavy atom. The second-order valence-electron chi connectivity index (χ2n) is 6.62. The van der Waals surface area contributed by atoms with Crippen LogP contribution in [0.1, 0.15) is 38.5 Å². The molecule has 3 fully saturated rings. The third-order valence-electron chi connectivity index (χ3n) is 5.49. The van der Waals surface area contributed by atoms with Gasteiger partial charge in [0.25, 0.3) is 10.2 Å². The molecule has 3 rings (SSSR count). The van der Waals surface area contributed by atoms with E-state index in [9.17, 15) is 8.42 Å². The molecule has 0 N–H and O–H groups in total. The molecule has 0 aromatic heterocycles. The zero-order valence-corrected chi connectivity index (χ0v) is 14.3. The molecular weight excluding hydrogens is 310 g/mol. The Balaban J connectivity index is 1.78. The molecule has 0 saturated carbocycles. The van der Waals surface area contributed by atoms with Crippen LogP contribution in [0.4, 0.5) is 0 Å². The second kappa shape index (κ2) is 6.32. The Morgan fingerprint density at radius 3 is 2.57 bits per heavy atom. The highest BCUT2D eigenvalue weighted by Crippen LogP contribution is 2.31. The number of hydrogen-bond donors (Lipinski definition) is 0. The number of likely N-dealkylation sites (N-methyl/N-ethyl adjacent to an activating group) is 1. The summed E-state index contributed by atoms with van der Waals surface area (Å²) in [7, 11) is -1.22. The van der Waals surface area contributed by atoms with Crippen LogP contribution in [0, 0.1) is 0 Å². The van der Waals surface area contributed by atoms with Gasteiger partial charge in [0, 0.05) is 43.6 Å². The lowest BCUT2D eigenvalue weighted by Crippen LogP contribution is -2.53. The van der Waals surface area contributed by atoms with Crippen molar-refractivity contribution in [3.8, 4) is 0 Å². The van der Waals surface area contributed by atoms with Crippen LogP contribution in [0.2, 0.25) is 0 Å². The van der Waals surface area contributed by atoms with Gasteiger partial charge in [0.15, 0.2) is 0 Å². The van der Waals surface area contributed by atoms with Gasteiger partial charge in [-0.05, 0) is 39.2 Å². The molecule has 122 valence electrons. The number of piperidine rings is 1. The molecule has 0 aromatic rings. The molecule has 3 heterocycles. The summed E-state index contributed by atoms with van der Waals surface area (Å²) >= 11 is 6.01. The van der Waals surface area contributed by atoms with Crippen LogP contribution in [-0.2, 0) is 10.2 Å². The van der Waals surface area contributed by atoms with Crippen LogP contribution in [0.25, 0.3) is 0 Å². The molecule has 0 radical (unpaired) electrons. The SMILES string of the molecule is CN1C2CCC1CN(S(=O)(=O)N1CCCCC1CCl)CC2. The van der Waals surface area contributed by atoms with E-state index in [2.05, 4.69) is 11.9 Å². The molecule has 3 aliphatic rings. The van der Waals surface area contributed by atoms with E-state index in [4.69, 9.17) is 11.6 Å². The quantitative estimate of drug-likeness (QED) is 0.734. The molecule has 2 bridgehead atoms. The lowest BCUT2D eigenvalue weighted by Gasteiger charge is -2.37. The van der Waals surface area contributed by atoms with E-state index in [1.807, 2.05) is 0 Å². The smallest absolute Gasteiger partial charge is 0.282 e. The molecule has 0 aliphatic carbocycles. The monoisotopic (exact) mass is 335 g/mol. The summed E-state index contributed by atoms with van der Waals surface area (Å²) < 4.78 is 29.4. The van der Waals surface area contributed by atoms with E-state index in [0.717, 1.165) is 32.1 Å². The van der Waals surface area contributed by atoms with Crippen molar-refractivity contribution in [2.45, 2.75) is 56.7 Å². The van der Waals surface area contributed by atoms with Gasteiger partial charge in [-0.3, -0.25) is 4.90 Å². The Labute approximate surface area is 133 Å². The topological polar surface area (TPSA) is 43.9 Å². The van der Waals surface area contributed by atoms with Gasteiger partial charge in [-0.15, -0.1) is 11.6 Å². The first-order valence-electron chi connectivity index (χ1n) is 8.09. The number of hydrogen-bond acceptors (Lipinski definition) is 3. The third-order valence-corrected chi connectivity index (χ3v) is 7.90. The van der Waals surface area contributed by atoms with Crippen molar-refractivity contribution in [3.05, 3.63) is 0 Å². The highest BCUT2D eigenvalue weighted by Gasteiger charge is 2.42. The molecular formula is C14H26ClN3O2S. The summed E-state index contributed by atoms with van der Waals surface area (Å²) in [5.74, 6) is 0.402. The van der Waals surface area contributed by atoms with Crippen molar-refractivity contribution < 1.29 is 8.42 Å². The number of fused-ring (bicyclic) bond motifs is 2. The fraction of sp³-hybridized carbons (Fsp3) is 1.00. The molecule has 3 aliphatic heterocycles. The minimum absolute atomic E-state index is 0.0245. The minimum atomic E-state index is -3.36. The third kappa shape index (κ3) is 2.98. The van der Waals surface area contributed by atoms with Crippen molar-refractivity contribution >= 4 is 21.8 Å². The first-order valence-corrected chi connectivity index (χ1v) is 10.0. The summed E-state index contributed by atoms with van der Waals surface area (Å²) in [6.45, 7) is 1.92. The predicted molar refractivity (Wildman–Crippen MR) is 84.7 cm³/mol. The zero-order valence-electron chi connectivity index (χ0n) is 12.7. The van der Waals surface area contributed by atoms with Crippen molar-refractivity contribution in [3.63, 3.8) is 0 Å². The lowest BCUT2D eigenvalue weighted by atomic mass is 10.1. The predicted octanol–water partition coefficient (Wildman–Crippen LogP) is 1.49. The standard InChI is InChI=1S/C14H26ClN3O2S/c1-16-12-5-6-14(16)11-17(9-7-12)21(19,20)18-8-3-2-4-13(18)10-15/h12-14H,2-11H2,1H3. The van der Waals surface area contributed by atoms with Crippen molar-refractivity contribution in [1.29, 1.82) is 0 Å². The molecule has 3 saturated heterocycles. The van der Waals surface area contributed by atoms with Gasteiger partial charge >= 0.3 is 0 Å². The Bertz CT molecular complexity index is 473. The van der Waals surface area contributed by atoms with Gasteiger partial charge in [0.2, 0.25) is 0 Å². The molecule has 0 amide bonds. The number of alkyl halides is 1. The average Bonchev–Trinajstić information content (AvgIpc) is 2.71. The summed E-state index contributed by atoms with van der Waals surface area (Å²) in [5, 5.41) is 0. The highest BCUT2D eigenvalue weighted by molar-refractivity contribution is 7.86. The van der Waals surface area contributed by atoms with Gasteiger partial charge < -0.3 is 0 Å². The van der Waals surface area contributed by atoms with Gasteiger partial charge in [0.1, 0.15) is 0 Å². The van der Waals surface area contributed by atoms with E-state index in [0.29, 0.717) is 37.6 Å². The molecule has 21 heavy (non-hydrogen) atoms. The van der Waals surface area contributed by atoms with Crippen LogP contribution in [0.3, 0.4) is 0 Å². The molecule has 3 unspecified atom stereocenters. The summed E-state index contributed by atoms with van der Waals surface area (Å²) in [6, 6.07) is 0.912. The molecule has 5 nitrogen and oxygen atoms in total. The molecule has 0 spiro atoms. The van der Waals surface area contributed by atoms with Crippen LogP contribution in [0.5, 0.6) is 0 Å². The van der Waals surface area contributed by atoms with Gasteiger partial charge in [-0.2, -0.15) is 17.0 Å². The molecule has 7 heteroatoms. The maximum absolute atomic E-state index is 13.0. The van der Waals surface area contributed by atoms with Crippen LogP contribution in [-0.4, -0.2) is 72.6 Å². The Kier molecular flexibility index (Phi) is 4.81. The fourth-order valence-corrected chi connectivity index (χ4v) is 6.38. The Hall–Kier alpha value is 0.120. The molecule has 0 aromatic carbocycles. The maximum Gasteiger partial charge on any atom is 0.282 e. The zero-order chi connectivity index (χ0) is 15.0. The van der Waals surface area contributed by atoms with Crippen molar-refractivity contribution in [1.82, 2.24) is 13.5 Å². The van der Waals surface area contributed by atoms with E-state index in [1.54, 1.807) is 8.61 Å². The maximum atomic E-state index is 13.0.